The van der Waals surface area contributed by atoms with Crippen molar-refractivity contribution in [3.05, 3.63) is 29.8 Å². The van der Waals surface area contributed by atoms with Crippen LogP contribution in [0.3, 0.4) is 0 Å². The van der Waals surface area contributed by atoms with Gasteiger partial charge < -0.3 is 20.1 Å². The number of benzene rings is 1. The summed E-state index contributed by atoms with van der Waals surface area (Å²) in [6.45, 7) is 1.23. The Bertz CT molecular complexity index is 807. The van der Waals surface area contributed by atoms with Gasteiger partial charge in [-0.05, 0) is 25.5 Å². The minimum absolute atomic E-state index is 0.0347. The molecule has 0 spiro atoms. The second kappa shape index (κ2) is 9.36. The van der Waals surface area contributed by atoms with E-state index in [9.17, 15) is 22.8 Å². The summed E-state index contributed by atoms with van der Waals surface area (Å²) in [6.07, 6.45) is 0.345. The van der Waals surface area contributed by atoms with E-state index in [1.807, 2.05) is 0 Å². The number of hydrogen-bond donors (Lipinski definition) is 2. The molecule has 2 rings (SSSR count). The lowest BCUT2D eigenvalue weighted by atomic mass is 10.2. The third-order valence-electron chi connectivity index (χ3n) is 3.79. The van der Waals surface area contributed by atoms with Crippen molar-refractivity contribution in [3.8, 4) is 5.75 Å². The Hall–Kier alpha value is -2.62. The van der Waals surface area contributed by atoms with Gasteiger partial charge >= 0.3 is 5.97 Å². The first-order chi connectivity index (χ1) is 12.8. The molecule has 0 unspecified atom stereocenters. The fourth-order valence-corrected chi connectivity index (χ4v) is 4.23. The van der Waals surface area contributed by atoms with Gasteiger partial charge in [-0.3, -0.25) is 14.4 Å². The fourth-order valence-electron chi connectivity index (χ4n) is 2.56. The van der Waals surface area contributed by atoms with E-state index >= 15 is 0 Å². The van der Waals surface area contributed by atoms with Gasteiger partial charge in [-0.1, -0.05) is 12.1 Å². The second-order valence-corrected chi connectivity index (χ2v) is 8.17. The molecular formula is C17H22N2O7S. The van der Waals surface area contributed by atoms with Crippen molar-refractivity contribution in [2.75, 3.05) is 31.3 Å². The van der Waals surface area contributed by atoms with Crippen molar-refractivity contribution in [2.45, 2.75) is 19.4 Å². The maximum atomic E-state index is 12.1. The number of rotatable bonds is 8. The largest absolute Gasteiger partial charge is 0.493 e. The Kier molecular flexibility index (Phi) is 7.17. The number of esters is 1. The van der Waals surface area contributed by atoms with Crippen LogP contribution in [0.1, 0.15) is 23.7 Å². The van der Waals surface area contributed by atoms with Crippen LogP contribution in [0.5, 0.6) is 5.75 Å². The van der Waals surface area contributed by atoms with Crippen LogP contribution in [-0.2, 0) is 24.2 Å². The summed E-state index contributed by atoms with van der Waals surface area (Å²) in [4.78, 5) is 35.5. The predicted octanol–water partition coefficient (Wildman–Crippen LogP) is -0.338. The highest BCUT2D eigenvalue weighted by Gasteiger charge is 2.29. The van der Waals surface area contributed by atoms with Crippen LogP contribution in [0.4, 0.5) is 0 Å². The van der Waals surface area contributed by atoms with Crippen LogP contribution >= 0.6 is 0 Å². The van der Waals surface area contributed by atoms with E-state index in [0.29, 0.717) is 18.8 Å². The smallest absolute Gasteiger partial charge is 0.325 e. The summed E-state index contributed by atoms with van der Waals surface area (Å²) in [6, 6.07) is 6.14. The van der Waals surface area contributed by atoms with Gasteiger partial charge in [0.1, 0.15) is 12.3 Å². The minimum atomic E-state index is -3.10. The molecule has 1 aliphatic heterocycles. The van der Waals surface area contributed by atoms with Crippen molar-refractivity contribution in [3.63, 3.8) is 0 Å². The third-order valence-corrected chi connectivity index (χ3v) is 5.55. The van der Waals surface area contributed by atoms with Crippen LogP contribution < -0.4 is 15.4 Å². The molecule has 1 aliphatic rings. The number of nitrogens with one attached hydrogen (secondary N) is 2. The van der Waals surface area contributed by atoms with Gasteiger partial charge in [-0.2, -0.15) is 0 Å². The second-order valence-electron chi connectivity index (χ2n) is 5.94. The Balaban J connectivity index is 1.73. The Morgan fingerprint density at radius 2 is 1.96 bits per heavy atom. The van der Waals surface area contributed by atoms with Crippen molar-refractivity contribution in [1.29, 1.82) is 0 Å². The van der Waals surface area contributed by atoms with E-state index < -0.39 is 46.8 Å². The zero-order valence-corrected chi connectivity index (χ0v) is 15.7. The highest BCUT2D eigenvalue weighted by molar-refractivity contribution is 7.91. The van der Waals surface area contributed by atoms with Crippen molar-refractivity contribution >= 4 is 27.6 Å². The molecule has 1 aromatic carbocycles. The summed E-state index contributed by atoms with van der Waals surface area (Å²) in [7, 11) is -3.10. The molecule has 1 saturated heterocycles. The molecule has 9 nitrogen and oxygen atoms in total. The third kappa shape index (κ3) is 6.55. The van der Waals surface area contributed by atoms with Gasteiger partial charge in [-0.15, -0.1) is 0 Å². The molecule has 0 aliphatic carbocycles. The van der Waals surface area contributed by atoms with E-state index in [-0.39, 0.29) is 17.1 Å². The SMILES string of the molecule is CCOc1ccccc1C(=O)NCC(=O)OCC(=O)N[C@@H]1CCS(=O)(=O)C1. The topological polar surface area (TPSA) is 128 Å². The number of hydrogen-bond acceptors (Lipinski definition) is 7. The van der Waals surface area contributed by atoms with Crippen LogP contribution in [0.15, 0.2) is 24.3 Å². The molecule has 1 aromatic rings. The molecule has 0 radical (unpaired) electrons. The number of amides is 2. The zero-order valence-electron chi connectivity index (χ0n) is 14.9. The Morgan fingerprint density at radius 3 is 2.63 bits per heavy atom. The summed E-state index contributed by atoms with van der Waals surface area (Å²) >= 11 is 0. The van der Waals surface area contributed by atoms with Crippen LogP contribution in [-0.4, -0.2) is 63.5 Å². The molecule has 27 heavy (non-hydrogen) atoms. The molecular weight excluding hydrogens is 376 g/mol. The summed E-state index contributed by atoms with van der Waals surface area (Å²) in [5.41, 5.74) is 0.285. The summed E-state index contributed by atoms with van der Waals surface area (Å²) < 4.78 is 32.8. The fraction of sp³-hybridized carbons (Fsp3) is 0.471. The van der Waals surface area contributed by atoms with Gasteiger partial charge in [0, 0.05) is 6.04 Å². The molecule has 1 heterocycles. The Labute approximate surface area is 157 Å². The maximum absolute atomic E-state index is 12.1. The van der Waals surface area contributed by atoms with Crippen molar-refractivity contribution in [2.24, 2.45) is 0 Å². The maximum Gasteiger partial charge on any atom is 0.325 e. The molecule has 1 atom stereocenters. The minimum Gasteiger partial charge on any atom is -0.493 e. The van der Waals surface area contributed by atoms with E-state index in [2.05, 4.69) is 10.6 Å². The normalized spacial score (nSPS) is 17.7. The lowest BCUT2D eigenvalue weighted by Crippen LogP contribution is -2.39. The quantitative estimate of drug-likeness (QED) is 0.574. The van der Waals surface area contributed by atoms with Gasteiger partial charge in [0.25, 0.3) is 11.8 Å². The lowest BCUT2D eigenvalue weighted by Gasteiger charge is -2.12. The molecule has 148 valence electrons. The summed E-state index contributed by atoms with van der Waals surface area (Å²) in [5, 5.41) is 4.90. The molecule has 10 heteroatoms. The van der Waals surface area contributed by atoms with Crippen LogP contribution in [0, 0.1) is 0 Å². The number of sulfone groups is 1. The molecule has 2 amide bonds. The van der Waals surface area contributed by atoms with Crippen LogP contribution in [0.2, 0.25) is 0 Å². The highest BCUT2D eigenvalue weighted by atomic mass is 32.2. The highest BCUT2D eigenvalue weighted by Crippen LogP contribution is 2.17. The Morgan fingerprint density at radius 1 is 1.22 bits per heavy atom. The first kappa shape index (κ1) is 20.7. The number of para-hydroxylation sites is 1. The number of carbonyl (C=O) groups is 3. The van der Waals surface area contributed by atoms with Crippen LogP contribution in [0.25, 0.3) is 0 Å². The molecule has 2 N–H and O–H groups in total. The molecule has 0 bridgehead atoms. The van der Waals surface area contributed by atoms with E-state index in [4.69, 9.17) is 9.47 Å². The lowest BCUT2D eigenvalue weighted by molar-refractivity contribution is -0.147. The number of ether oxygens (including phenoxy) is 2. The van der Waals surface area contributed by atoms with Gasteiger partial charge in [0.15, 0.2) is 16.4 Å². The number of carbonyl (C=O) groups excluding carboxylic acids is 3. The summed E-state index contributed by atoms with van der Waals surface area (Å²) in [5.74, 6) is -1.55. The molecule has 0 saturated carbocycles. The van der Waals surface area contributed by atoms with Crippen molar-refractivity contribution < 1.29 is 32.3 Å². The predicted molar refractivity (Wildman–Crippen MR) is 96.1 cm³/mol. The first-order valence-corrected chi connectivity index (χ1v) is 10.3. The van der Waals surface area contributed by atoms with E-state index in [1.54, 1.807) is 31.2 Å². The van der Waals surface area contributed by atoms with E-state index in [0.717, 1.165) is 0 Å². The zero-order chi connectivity index (χ0) is 19.9. The monoisotopic (exact) mass is 398 g/mol. The van der Waals surface area contributed by atoms with Gasteiger partial charge in [0.2, 0.25) is 0 Å². The molecule has 1 fully saturated rings. The average molecular weight is 398 g/mol. The van der Waals surface area contributed by atoms with Gasteiger partial charge in [-0.25, -0.2) is 8.42 Å². The first-order valence-electron chi connectivity index (χ1n) is 8.46. The van der Waals surface area contributed by atoms with Gasteiger partial charge in [0.05, 0.1) is 23.7 Å². The standard InChI is InChI=1S/C17H22N2O7S/c1-2-25-14-6-4-3-5-13(14)17(22)18-9-16(21)26-10-15(20)19-12-7-8-27(23,24)11-12/h3-6,12H,2,7-11H2,1H3,(H,18,22)(H,19,20)/t12-/m1/s1. The average Bonchev–Trinajstić information content (AvgIpc) is 2.97. The van der Waals surface area contributed by atoms with E-state index in [1.165, 1.54) is 0 Å². The van der Waals surface area contributed by atoms with Crippen molar-refractivity contribution in [1.82, 2.24) is 10.6 Å². The molecule has 0 aromatic heterocycles.